The van der Waals surface area contributed by atoms with E-state index < -0.39 is 11.7 Å². The summed E-state index contributed by atoms with van der Waals surface area (Å²) in [5, 5.41) is 7.54. The first-order valence-corrected chi connectivity index (χ1v) is 9.77. The molecular weight excluding hydrogens is 401 g/mol. The van der Waals surface area contributed by atoms with E-state index >= 15 is 0 Å². The number of piperidine rings is 1. The second-order valence-corrected chi connectivity index (χ2v) is 7.46. The molecule has 1 saturated heterocycles. The van der Waals surface area contributed by atoms with Crippen molar-refractivity contribution in [2.75, 3.05) is 13.1 Å². The number of aryl methyl sites for hydroxylation is 2. The molecular formula is C19H21F3N6O2. The summed E-state index contributed by atoms with van der Waals surface area (Å²) < 4.78 is 47.3. The minimum Gasteiger partial charge on any atom is -0.343 e. The van der Waals surface area contributed by atoms with Crippen LogP contribution in [0.25, 0.3) is 11.1 Å². The molecule has 0 radical (unpaired) electrons. The van der Waals surface area contributed by atoms with E-state index in [4.69, 9.17) is 4.52 Å². The highest BCUT2D eigenvalue weighted by molar-refractivity contribution is 5.81. The molecule has 3 aromatic rings. The molecule has 8 nitrogen and oxygen atoms in total. The predicted octanol–water partition coefficient (Wildman–Crippen LogP) is 3.33. The van der Waals surface area contributed by atoms with E-state index in [-0.39, 0.29) is 28.6 Å². The Kier molecular flexibility index (Phi) is 5.44. The third-order valence-corrected chi connectivity index (χ3v) is 5.45. The molecule has 3 aromatic heterocycles. The van der Waals surface area contributed by atoms with Gasteiger partial charge in [-0.1, -0.05) is 5.16 Å². The zero-order chi connectivity index (χ0) is 21.3. The Balaban J connectivity index is 1.40. The maximum absolute atomic E-state index is 13.6. The summed E-state index contributed by atoms with van der Waals surface area (Å²) >= 11 is 0. The number of carbonyl (C=O) groups is 1. The van der Waals surface area contributed by atoms with Crippen LogP contribution in [0.15, 0.2) is 23.2 Å². The summed E-state index contributed by atoms with van der Waals surface area (Å²) in [5.41, 5.74) is -0.358. The molecule has 1 aliphatic heterocycles. The minimum absolute atomic E-state index is 0.0406. The van der Waals surface area contributed by atoms with E-state index in [1.54, 1.807) is 15.9 Å². The third kappa shape index (κ3) is 4.14. The topological polar surface area (TPSA) is 89.9 Å². The molecule has 1 fully saturated rings. The molecule has 0 unspecified atom stereocenters. The van der Waals surface area contributed by atoms with Gasteiger partial charge in [0.2, 0.25) is 5.91 Å². The summed E-state index contributed by atoms with van der Waals surface area (Å²) in [7, 11) is 0. The Morgan fingerprint density at radius 1 is 1.30 bits per heavy atom. The molecule has 1 amide bonds. The van der Waals surface area contributed by atoms with E-state index in [0.717, 1.165) is 6.07 Å². The highest BCUT2D eigenvalue weighted by Gasteiger charge is 2.36. The van der Waals surface area contributed by atoms with Gasteiger partial charge in [0.15, 0.2) is 0 Å². The number of amides is 1. The molecule has 1 aliphatic rings. The molecule has 160 valence electrons. The standard InChI is InChI=1S/C19H21F3N6O2/c1-12-17-14(19(20,21)22)9-15(25-18(17)30-26-12)13-4-7-27(8-5-13)16(29)3-2-6-28-11-23-10-24-28/h9-11,13H,2-8H2,1H3. The minimum atomic E-state index is -4.52. The fourth-order valence-electron chi connectivity index (χ4n) is 3.87. The lowest BCUT2D eigenvalue weighted by Crippen LogP contribution is -2.38. The Morgan fingerprint density at radius 2 is 2.07 bits per heavy atom. The van der Waals surface area contributed by atoms with Gasteiger partial charge in [-0.15, -0.1) is 0 Å². The van der Waals surface area contributed by atoms with Gasteiger partial charge >= 0.3 is 6.18 Å². The summed E-state index contributed by atoms with van der Waals surface area (Å²) in [5.74, 6) is -0.126. The smallest absolute Gasteiger partial charge is 0.343 e. The normalized spacial score (nSPS) is 15.8. The molecule has 30 heavy (non-hydrogen) atoms. The number of alkyl halides is 3. The zero-order valence-electron chi connectivity index (χ0n) is 16.4. The number of halogens is 3. The second kappa shape index (κ2) is 8.04. The van der Waals surface area contributed by atoms with Crippen molar-refractivity contribution in [1.82, 2.24) is 29.8 Å². The number of nitrogens with zero attached hydrogens (tertiary/aromatic N) is 6. The second-order valence-electron chi connectivity index (χ2n) is 7.46. The molecule has 0 aliphatic carbocycles. The summed E-state index contributed by atoms with van der Waals surface area (Å²) in [6.07, 6.45) is 0.681. The van der Waals surface area contributed by atoms with Gasteiger partial charge in [-0.3, -0.25) is 9.48 Å². The van der Waals surface area contributed by atoms with E-state index in [1.807, 2.05) is 0 Å². The quantitative estimate of drug-likeness (QED) is 0.627. The lowest BCUT2D eigenvalue weighted by Gasteiger charge is -2.32. The van der Waals surface area contributed by atoms with Gasteiger partial charge in [-0.25, -0.2) is 9.97 Å². The van der Waals surface area contributed by atoms with E-state index in [9.17, 15) is 18.0 Å². The maximum atomic E-state index is 13.6. The molecule has 11 heteroatoms. The largest absolute Gasteiger partial charge is 0.417 e. The van der Waals surface area contributed by atoms with Crippen molar-refractivity contribution in [2.24, 2.45) is 0 Å². The summed E-state index contributed by atoms with van der Waals surface area (Å²) in [4.78, 5) is 22.3. The first-order chi connectivity index (χ1) is 14.3. The van der Waals surface area contributed by atoms with Crippen molar-refractivity contribution in [3.63, 3.8) is 0 Å². The molecule has 0 atom stereocenters. The van der Waals surface area contributed by atoms with Crippen LogP contribution in [0.3, 0.4) is 0 Å². The number of carbonyl (C=O) groups excluding carboxylic acids is 1. The molecule has 0 spiro atoms. The molecule has 0 saturated carbocycles. The summed E-state index contributed by atoms with van der Waals surface area (Å²) in [6, 6.07) is 1.10. The highest BCUT2D eigenvalue weighted by Crippen LogP contribution is 2.38. The van der Waals surface area contributed by atoms with Crippen LogP contribution in [-0.2, 0) is 17.5 Å². The van der Waals surface area contributed by atoms with Crippen LogP contribution >= 0.6 is 0 Å². The third-order valence-electron chi connectivity index (χ3n) is 5.45. The number of fused-ring (bicyclic) bond motifs is 1. The maximum Gasteiger partial charge on any atom is 0.417 e. The lowest BCUT2D eigenvalue weighted by atomic mass is 9.91. The number of aromatic nitrogens is 5. The van der Waals surface area contributed by atoms with Crippen LogP contribution in [-0.4, -0.2) is 48.8 Å². The van der Waals surface area contributed by atoms with Crippen molar-refractivity contribution in [3.8, 4) is 0 Å². The van der Waals surface area contributed by atoms with Gasteiger partial charge in [0.05, 0.1) is 16.6 Å². The number of rotatable bonds is 5. The molecule has 0 aromatic carbocycles. The number of hydrogen-bond donors (Lipinski definition) is 0. The van der Waals surface area contributed by atoms with Gasteiger partial charge in [-0.05, 0) is 32.3 Å². The SMILES string of the molecule is Cc1noc2nc(C3CCN(C(=O)CCCn4cncn4)CC3)cc(C(F)(F)F)c12. The van der Waals surface area contributed by atoms with Crippen molar-refractivity contribution < 1.29 is 22.5 Å². The van der Waals surface area contributed by atoms with Crippen molar-refractivity contribution >= 4 is 17.0 Å². The van der Waals surface area contributed by atoms with Gasteiger partial charge in [0.1, 0.15) is 12.7 Å². The van der Waals surface area contributed by atoms with E-state index in [0.29, 0.717) is 51.0 Å². The van der Waals surface area contributed by atoms with Crippen LogP contribution < -0.4 is 0 Å². The lowest BCUT2D eigenvalue weighted by molar-refractivity contribution is -0.136. The van der Waals surface area contributed by atoms with Crippen LogP contribution in [0.2, 0.25) is 0 Å². The average Bonchev–Trinajstić information content (AvgIpc) is 3.37. The van der Waals surface area contributed by atoms with Gasteiger partial charge in [0.25, 0.3) is 5.71 Å². The molecule has 4 heterocycles. The predicted molar refractivity (Wildman–Crippen MR) is 99.4 cm³/mol. The Hall–Kier alpha value is -2.98. The van der Waals surface area contributed by atoms with Crippen LogP contribution in [0.5, 0.6) is 0 Å². The average molecular weight is 422 g/mol. The van der Waals surface area contributed by atoms with E-state index in [2.05, 4.69) is 20.2 Å². The van der Waals surface area contributed by atoms with Crippen LogP contribution in [0.1, 0.15) is 48.6 Å². The molecule has 0 N–H and O–H groups in total. The van der Waals surface area contributed by atoms with Gasteiger partial charge in [0, 0.05) is 37.7 Å². The zero-order valence-corrected chi connectivity index (χ0v) is 16.4. The van der Waals surface area contributed by atoms with Crippen LogP contribution in [0, 0.1) is 6.92 Å². The number of hydrogen-bond acceptors (Lipinski definition) is 6. The molecule has 0 bridgehead atoms. The van der Waals surface area contributed by atoms with Crippen molar-refractivity contribution in [2.45, 2.75) is 51.2 Å². The van der Waals surface area contributed by atoms with E-state index in [1.165, 1.54) is 13.3 Å². The highest BCUT2D eigenvalue weighted by atomic mass is 19.4. The summed E-state index contributed by atoms with van der Waals surface area (Å²) in [6.45, 7) is 3.06. The molecule has 4 rings (SSSR count). The number of pyridine rings is 1. The van der Waals surface area contributed by atoms with Crippen molar-refractivity contribution in [1.29, 1.82) is 0 Å². The van der Waals surface area contributed by atoms with Crippen molar-refractivity contribution in [3.05, 3.63) is 35.7 Å². The Labute approximate surface area is 170 Å². The van der Waals surface area contributed by atoms with Gasteiger partial charge < -0.3 is 9.42 Å². The first kappa shape index (κ1) is 20.3. The number of likely N-dealkylation sites (tertiary alicyclic amines) is 1. The van der Waals surface area contributed by atoms with Crippen LogP contribution in [0.4, 0.5) is 13.2 Å². The van der Waals surface area contributed by atoms with Gasteiger partial charge in [-0.2, -0.15) is 18.3 Å². The first-order valence-electron chi connectivity index (χ1n) is 9.77. The Morgan fingerprint density at radius 3 is 2.73 bits per heavy atom. The Bertz CT molecular complexity index is 1020. The fraction of sp³-hybridized carbons (Fsp3) is 0.526. The monoisotopic (exact) mass is 422 g/mol. The fourth-order valence-corrected chi connectivity index (χ4v) is 3.87.